The summed E-state index contributed by atoms with van der Waals surface area (Å²) in [6.45, 7) is 5.64. The van der Waals surface area contributed by atoms with Crippen molar-refractivity contribution in [3.63, 3.8) is 0 Å². The Morgan fingerprint density at radius 3 is 2.76 bits per heavy atom. The molecule has 94 valence electrons. The molecule has 0 aliphatic heterocycles. The number of nitrogens with zero attached hydrogens (tertiary/aromatic N) is 1. The first-order valence-electron chi connectivity index (χ1n) is 5.52. The van der Waals surface area contributed by atoms with Gasteiger partial charge in [-0.2, -0.15) is 0 Å². The molecule has 0 radical (unpaired) electrons. The zero-order chi connectivity index (χ0) is 12.8. The molecule has 1 aromatic heterocycles. The second-order valence-corrected chi connectivity index (χ2v) is 4.22. The normalized spacial score (nSPS) is 10.8. The fraction of sp³-hybridized carbons (Fsp3) is 0.500. The topological polar surface area (TPSA) is 68.5 Å². The van der Waals surface area contributed by atoms with Crippen molar-refractivity contribution in [2.75, 3.05) is 13.2 Å². The molecule has 5 heteroatoms. The van der Waals surface area contributed by atoms with Crippen LogP contribution in [0.4, 0.5) is 0 Å². The third-order valence-electron chi connectivity index (χ3n) is 2.17. The Labute approximate surface area is 99.6 Å². The summed E-state index contributed by atoms with van der Waals surface area (Å²) < 4.78 is 6.79. The molecule has 17 heavy (non-hydrogen) atoms. The average Bonchev–Trinajstić information content (AvgIpc) is 2.25. The second-order valence-electron chi connectivity index (χ2n) is 4.22. The Morgan fingerprint density at radius 2 is 2.24 bits per heavy atom. The van der Waals surface area contributed by atoms with E-state index in [0.717, 1.165) is 6.07 Å². The van der Waals surface area contributed by atoms with Crippen molar-refractivity contribution in [1.29, 1.82) is 0 Å². The van der Waals surface area contributed by atoms with Crippen LogP contribution in [-0.4, -0.2) is 28.9 Å². The molecule has 0 amide bonds. The Morgan fingerprint density at radius 1 is 1.53 bits per heavy atom. The lowest BCUT2D eigenvalue weighted by molar-refractivity contribution is 0.0696. The SMILES string of the molecule is CC(C)COCCn1ccc(C(=O)O)cc1=O. The third kappa shape index (κ3) is 4.40. The molecule has 0 unspecified atom stereocenters. The molecule has 0 saturated carbocycles. The molecule has 1 rings (SSSR count). The molecule has 0 saturated heterocycles. The second kappa shape index (κ2) is 6.20. The van der Waals surface area contributed by atoms with Gasteiger partial charge < -0.3 is 14.4 Å². The number of carbonyl (C=O) groups is 1. The molecule has 0 aliphatic carbocycles. The molecule has 0 fully saturated rings. The van der Waals surface area contributed by atoms with E-state index >= 15 is 0 Å². The van der Waals surface area contributed by atoms with Gasteiger partial charge in [-0.25, -0.2) is 4.79 Å². The van der Waals surface area contributed by atoms with Gasteiger partial charge in [-0.1, -0.05) is 13.8 Å². The maximum absolute atomic E-state index is 11.5. The molecule has 0 aromatic carbocycles. The van der Waals surface area contributed by atoms with Gasteiger partial charge >= 0.3 is 5.97 Å². The van der Waals surface area contributed by atoms with Gasteiger partial charge in [0.05, 0.1) is 12.2 Å². The van der Waals surface area contributed by atoms with Crippen LogP contribution in [-0.2, 0) is 11.3 Å². The molecule has 1 N–H and O–H groups in total. The maximum atomic E-state index is 11.5. The van der Waals surface area contributed by atoms with Crippen LogP contribution >= 0.6 is 0 Å². The summed E-state index contributed by atoms with van der Waals surface area (Å²) in [6.07, 6.45) is 1.48. The molecule has 5 nitrogen and oxygen atoms in total. The van der Waals surface area contributed by atoms with Gasteiger partial charge in [-0.05, 0) is 12.0 Å². The van der Waals surface area contributed by atoms with Crippen LogP contribution in [0.1, 0.15) is 24.2 Å². The minimum atomic E-state index is -1.09. The fourth-order valence-corrected chi connectivity index (χ4v) is 1.31. The van der Waals surface area contributed by atoms with Crippen molar-refractivity contribution in [3.05, 3.63) is 34.2 Å². The van der Waals surface area contributed by atoms with E-state index in [1.54, 1.807) is 0 Å². The van der Waals surface area contributed by atoms with Gasteiger partial charge in [0, 0.05) is 25.4 Å². The summed E-state index contributed by atoms with van der Waals surface area (Å²) in [7, 11) is 0. The molecular weight excluding hydrogens is 222 g/mol. The first-order chi connectivity index (χ1) is 8.00. The Hall–Kier alpha value is -1.62. The van der Waals surface area contributed by atoms with Gasteiger partial charge in [0.1, 0.15) is 0 Å². The number of carboxylic acid groups (broad SMARTS) is 1. The van der Waals surface area contributed by atoms with Crippen molar-refractivity contribution in [3.8, 4) is 0 Å². The Kier molecular flexibility index (Phi) is 4.90. The van der Waals surface area contributed by atoms with Crippen LogP contribution in [0.15, 0.2) is 23.1 Å². The monoisotopic (exact) mass is 239 g/mol. The number of carboxylic acids is 1. The maximum Gasteiger partial charge on any atom is 0.335 e. The molecule has 0 bridgehead atoms. The van der Waals surface area contributed by atoms with Crippen molar-refractivity contribution < 1.29 is 14.6 Å². The highest BCUT2D eigenvalue weighted by Crippen LogP contribution is 1.96. The van der Waals surface area contributed by atoms with Crippen LogP contribution in [0.3, 0.4) is 0 Å². The number of rotatable bonds is 6. The van der Waals surface area contributed by atoms with Gasteiger partial charge in [0.15, 0.2) is 0 Å². The van der Waals surface area contributed by atoms with Crippen LogP contribution in [0.2, 0.25) is 0 Å². The van der Waals surface area contributed by atoms with E-state index in [-0.39, 0.29) is 11.1 Å². The van der Waals surface area contributed by atoms with Crippen LogP contribution in [0.5, 0.6) is 0 Å². The van der Waals surface area contributed by atoms with E-state index in [4.69, 9.17) is 9.84 Å². The highest BCUT2D eigenvalue weighted by molar-refractivity contribution is 5.87. The zero-order valence-electron chi connectivity index (χ0n) is 10.0. The van der Waals surface area contributed by atoms with E-state index < -0.39 is 5.97 Å². The number of aromatic carboxylic acids is 1. The van der Waals surface area contributed by atoms with Gasteiger partial charge in [-0.3, -0.25) is 4.79 Å². The summed E-state index contributed by atoms with van der Waals surface area (Å²) in [5.74, 6) is -0.633. The highest BCUT2D eigenvalue weighted by Gasteiger charge is 2.04. The van der Waals surface area contributed by atoms with Crippen molar-refractivity contribution in [2.24, 2.45) is 5.92 Å². The molecule has 1 aromatic rings. The van der Waals surface area contributed by atoms with E-state index in [1.807, 2.05) is 13.8 Å². The molecular formula is C12H17NO4. The van der Waals surface area contributed by atoms with E-state index in [1.165, 1.54) is 16.8 Å². The number of pyridine rings is 1. The third-order valence-corrected chi connectivity index (χ3v) is 2.17. The quantitative estimate of drug-likeness (QED) is 0.758. The standard InChI is InChI=1S/C12H17NO4/c1-9(2)8-17-6-5-13-4-3-10(12(15)16)7-11(13)14/h3-4,7,9H,5-6,8H2,1-2H3,(H,15,16). The lowest BCUT2D eigenvalue weighted by Crippen LogP contribution is -2.22. The van der Waals surface area contributed by atoms with Crippen molar-refractivity contribution in [2.45, 2.75) is 20.4 Å². The Balaban J connectivity index is 2.55. The van der Waals surface area contributed by atoms with E-state index in [2.05, 4.69) is 0 Å². The predicted octanol–water partition coefficient (Wildman–Crippen LogP) is 1.22. The number of hydrogen-bond acceptors (Lipinski definition) is 3. The van der Waals surface area contributed by atoms with Crippen LogP contribution < -0.4 is 5.56 Å². The van der Waals surface area contributed by atoms with E-state index in [0.29, 0.717) is 25.7 Å². The van der Waals surface area contributed by atoms with Crippen molar-refractivity contribution >= 4 is 5.97 Å². The lowest BCUT2D eigenvalue weighted by atomic mass is 10.2. The largest absolute Gasteiger partial charge is 0.478 e. The molecule has 0 spiro atoms. The van der Waals surface area contributed by atoms with Gasteiger partial charge in [0.2, 0.25) is 0 Å². The van der Waals surface area contributed by atoms with E-state index in [9.17, 15) is 9.59 Å². The predicted molar refractivity (Wildman–Crippen MR) is 63.3 cm³/mol. The van der Waals surface area contributed by atoms with Gasteiger partial charge in [-0.15, -0.1) is 0 Å². The number of ether oxygens (including phenoxy) is 1. The first-order valence-corrected chi connectivity index (χ1v) is 5.52. The zero-order valence-corrected chi connectivity index (χ0v) is 10.0. The number of aromatic nitrogens is 1. The van der Waals surface area contributed by atoms with Gasteiger partial charge in [0.25, 0.3) is 5.56 Å². The summed E-state index contributed by atoms with van der Waals surface area (Å²) in [5.41, 5.74) is -0.313. The van der Waals surface area contributed by atoms with Crippen LogP contribution in [0.25, 0.3) is 0 Å². The Bertz CT molecular complexity index is 436. The minimum Gasteiger partial charge on any atom is -0.478 e. The summed E-state index contributed by atoms with van der Waals surface area (Å²) in [5, 5.41) is 8.70. The summed E-state index contributed by atoms with van der Waals surface area (Å²) in [4.78, 5) is 22.1. The fourth-order valence-electron chi connectivity index (χ4n) is 1.31. The summed E-state index contributed by atoms with van der Waals surface area (Å²) >= 11 is 0. The average molecular weight is 239 g/mol. The first kappa shape index (κ1) is 13.4. The lowest BCUT2D eigenvalue weighted by Gasteiger charge is -2.08. The molecule has 1 heterocycles. The van der Waals surface area contributed by atoms with Crippen LogP contribution in [0, 0.1) is 5.92 Å². The number of hydrogen-bond donors (Lipinski definition) is 1. The highest BCUT2D eigenvalue weighted by atomic mass is 16.5. The smallest absolute Gasteiger partial charge is 0.335 e. The van der Waals surface area contributed by atoms with Crippen molar-refractivity contribution in [1.82, 2.24) is 4.57 Å². The molecule has 0 atom stereocenters. The summed E-state index contributed by atoms with van der Waals surface area (Å²) in [6, 6.07) is 2.52. The minimum absolute atomic E-state index is 0.00866. The molecule has 0 aliphatic rings.